The highest BCUT2D eigenvalue weighted by Gasteiger charge is 2.35. The van der Waals surface area contributed by atoms with Crippen molar-refractivity contribution >= 4 is 27.8 Å². The van der Waals surface area contributed by atoms with Crippen molar-refractivity contribution < 1.29 is 23.8 Å². The van der Waals surface area contributed by atoms with Crippen LogP contribution in [0.4, 0.5) is 4.39 Å². The molecular formula is C27H28FN3O4. The van der Waals surface area contributed by atoms with E-state index in [1.165, 1.54) is 17.3 Å². The largest absolute Gasteiger partial charge is 0.479 e. The first kappa shape index (κ1) is 22.2. The molecule has 2 N–H and O–H groups in total. The lowest BCUT2D eigenvalue weighted by molar-refractivity contribution is -0.153. The molecule has 7 nitrogen and oxygen atoms in total. The van der Waals surface area contributed by atoms with Crippen molar-refractivity contribution in [3.8, 4) is 5.69 Å². The van der Waals surface area contributed by atoms with Gasteiger partial charge in [-0.1, -0.05) is 0 Å². The summed E-state index contributed by atoms with van der Waals surface area (Å²) in [7, 11) is 0. The molecule has 182 valence electrons. The number of hydrogen-bond donors (Lipinski definition) is 2. The van der Waals surface area contributed by atoms with Crippen LogP contribution in [0.3, 0.4) is 0 Å². The van der Waals surface area contributed by atoms with Gasteiger partial charge in [0, 0.05) is 47.2 Å². The number of aryl methyl sites for hydroxylation is 1. The molecule has 0 spiro atoms. The minimum Gasteiger partial charge on any atom is -0.479 e. The summed E-state index contributed by atoms with van der Waals surface area (Å²) in [5.41, 5.74) is 5.92. The number of H-pyrrole nitrogens is 1. The van der Waals surface area contributed by atoms with Gasteiger partial charge in [-0.2, -0.15) is 5.10 Å². The first-order valence-electron chi connectivity index (χ1n) is 12.2. The normalized spacial score (nSPS) is 21.7. The maximum atomic E-state index is 14.2. The number of hydrogen-bond acceptors (Lipinski definition) is 4. The molecule has 0 amide bonds. The Hall–Kier alpha value is -3.23. The summed E-state index contributed by atoms with van der Waals surface area (Å²) >= 11 is 0. The molecule has 0 bridgehead atoms. The van der Waals surface area contributed by atoms with Crippen molar-refractivity contribution in [2.75, 3.05) is 19.8 Å². The number of benzene rings is 2. The molecule has 2 aromatic heterocycles. The van der Waals surface area contributed by atoms with E-state index in [2.05, 4.69) is 26.9 Å². The zero-order valence-corrected chi connectivity index (χ0v) is 19.6. The second-order valence-electron chi connectivity index (χ2n) is 9.72. The van der Waals surface area contributed by atoms with Gasteiger partial charge in [0.2, 0.25) is 0 Å². The summed E-state index contributed by atoms with van der Waals surface area (Å²) in [5.74, 6) is -0.800. The molecule has 2 fully saturated rings. The third-order valence-electron chi connectivity index (χ3n) is 7.57. The molecule has 0 aliphatic carbocycles. The van der Waals surface area contributed by atoms with Crippen LogP contribution in [0.15, 0.2) is 36.5 Å². The zero-order chi connectivity index (χ0) is 24.1. The van der Waals surface area contributed by atoms with Gasteiger partial charge in [-0.25, -0.2) is 9.18 Å². The smallest absolute Gasteiger partial charge is 0.332 e. The number of carbonyl (C=O) groups is 1. The van der Waals surface area contributed by atoms with E-state index in [1.54, 1.807) is 6.92 Å². The highest BCUT2D eigenvalue weighted by molar-refractivity contribution is 5.99. The van der Waals surface area contributed by atoms with Crippen LogP contribution in [0.2, 0.25) is 0 Å². The number of halogens is 1. The molecule has 0 radical (unpaired) electrons. The third kappa shape index (κ3) is 3.81. The summed E-state index contributed by atoms with van der Waals surface area (Å²) < 4.78 is 28.0. The van der Waals surface area contributed by atoms with Crippen molar-refractivity contribution in [3.63, 3.8) is 0 Å². The highest BCUT2D eigenvalue weighted by atomic mass is 19.1. The number of nitrogens with one attached hydrogen (secondary N) is 1. The van der Waals surface area contributed by atoms with E-state index in [4.69, 9.17) is 9.47 Å². The molecule has 4 aromatic rings. The van der Waals surface area contributed by atoms with Crippen molar-refractivity contribution in [3.05, 3.63) is 59.2 Å². The number of fused-ring (bicyclic) bond motifs is 2. The second kappa shape index (κ2) is 8.77. The van der Waals surface area contributed by atoms with Crippen molar-refractivity contribution in [2.45, 2.75) is 50.5 Å². The molecule has 2 aromatic carbocycles. The Balaban J connectivity index is 1.62. The second-order valence-corrected chi connectivity index (χ2v) is 9.72. The van der Waals surface area contributed by atoms with Gasteiger partial charge in [-0.3, -0.25) is 5.10 Å². The molecular weight excluding hydrogens is 449 g/mol. The molecule has 2 atom stereocenters. The van der Waals surface area contributed by atoms with E-state index >= 15 is 0 Å². The number of ether oxygens (including phenoxy) is 2. The Morgan fingerprint density at radius 3 is 2.69 bits per heavy atom. The monoisotopic (exact) mass is 477 g/mol. The van der Waals surface area contributed by atoms with Crippen LogP contribution in [-0.4, -0.2) is 51.8 Å². The molecule has 0 unspecified atom stereocenters. The van der Waals surface area contributed by atoms with Gasteiger partial charge < -0.3 is 19.1 Å². The summed E-state index contributed by atoms with van der Waals surface area (Å²) in [6.07, 6.45) is 4.06. The Bertz CT molecular complexity index is 1410. The van der Waals surface area contributed by atoms with E-state index < -0.39 is 12.1 Å². The van der Waals surface area contributed by atoms with E-state index in [0.717, 1.165) is 46.8 Å². The lowest BCUT2D eigenvalue weighted by Crippen LogP contribution is -2.31. The van der Waals surface area contributed by atoms with Crippen LogP contribution in [-0.2, 0) is 14.3 Å². The topological polar surface area (TPSA) is 89.4 Å². The van der Waals surface area contributed by atoms with Crippen LogP contribution in [0.1, 0.15) is 54.3 Å². The summed E-state index contributed by atoms with van der Waals surface area (Å²) in [4.78, 5) is 11.5. The van der Waals surface area contributed by atoms with E-state index in [0.29, 0.717) is 31.8 Å². The quantitative estimate of drug-likeness (QED) is 0.422. The fourth-order valence-corrected chi connectivity index (χ4v) is 5.79. The molecule has 35 heavy (non-hydrogen) atoms. The minimum atomic E-state index is -0.906. The highest BCUT2D eigenvalue weighted by Crippen LogP contribution is 2.45. The molecule has 2 aliphatic rings. The standard InChI is InChI=1S/C27H28FN3O4/c1-15-10-19(3-4-21(15)28)31-23-11-18-13-29-30-22(18)12-20(23)25(26(31)16-6-8-34-9-7-16)17-2-5-24(27(32)33)35-14-17/h3-4,10-13,16-17,24H,2,5-9,14H2,1H3,(H,29,30)(H,32,33)/t17-,24+/m1/s1. The molecule has 6 rings (SSSR count). The van der Waals surface area contributed by atoms with Crippen molar-refractivity contribution in [2.24, 2.45) is 0 Å². The maximum Gasteiger partial charge on any atom is 0.332 e. The number of rotatable bonds is 4. The summed E-state index contributed by atoms with van der Waals surface area (Å²) in [6.45, 7) is 3.53. The van der Waals surface area contributed by atoms with Crippen LogP contribution >= 0.6 is 0 Å². The molecule has 8 heteroatoms. The SMILES string of the molecule is Cc1cc(-n2c(C3CCOCC3)c([C@@H]3CC[C@@H](C(=O)O)OC3)c3cc4[nH]ncc4cc32)ccc1F. The Kier molecular flexibility index (Phi) is 5.57. The minimum absolute atomic E-state index is 0.0640. The fraction of sp³-hybridized carbons (Fsp3) is 0.407. The summed E-state index contributed by atoms with van der Waals surface area (Å²) in [5, 5.41) is 18.9. The average Bonchev–Trinajstić information content (AvgIpc) is 3.46. The molecule has 4 heterocycles. The Labute approximate surface area is 201 Å². The van der Waals surface area contributed by atoms with E-state index in [-0.39, 0.29) is 17.7 Å². The van der Waals surface area contributed by atoms with Gasteiger partial charge in [-0.15, -0.1) is 0 Å². The third-order valence-corrected chi connectivity index (χ3v) is 7.57. The van der Waals surface area contributed by atoms with Crippen LogP contribution in [0.5, 0.6) is 0 Å². The van der Waals surface area contributed by atoms with E-state index in [1.807, 2.05) is 18.3 Å². The number of nitrogens with zero attached hydrogens (tertiary/aromatic N) is 2. The van der Waals surface area contributed by atoms with Gasteiger partial charge in [0.15, 0.2) is 6.10 Å². The van der Waals surface area contributed by atoms with E-state index in [9.17, 15) is 14.3 Å². The van der Waals surface area contributed by atoms with Crippen molar-refractivity contribution in [1.82, 2.24) is 14.8 Å². The van der Waals surface area contributed by atoms with Gasteiger partial charge in [0.1, 0.15) is 5.82 Å². The number of carboxylic acids is 1. The van der Waals surface area contributed by atoms with Gasteiger partial charge in [-0.05, 0) is 74.1 Å². The molecule has 0 saturated carbocycles. The average molecular weight is 478 g/mol. The number of aliphatic carboxylic acids is 1. The van der Waals surface area contributed by atoms with Gasteiger partial charge in [0.25, 0.3) is 0 Å². The fourth-order valence-electron chi connectivity index (χ4n) is 5.79. The lowest BCUT2D eigenvalue weighted by Gasteiger charge is -2.31. The number of aromatic amines is 1. The lowest BCUT2D eigenvalue weighted by atomic mass is 9.84. The zero-order valence-electron chi connectivity index (χ0n) is 19.6. The number of carboxylic acid groups (broad SMARTS) is 1. The van der Waals surface area contributed by atoms with Crippen LogP contribution in [0.25, 0.3) is 27.5 Å². The summed E-state index contributed by atoms with van der Waals surface area (Å²) in [6, 6.07) is 9.56. The van der Waals surface area contributed by atoms with Gasteiger partial charge in [0.05, 0.1) is 23.8 Å². The number of aromatic nitrogens is 3. The predicted molar refractivity (Wildman–Crippen MR) is 130 cm³/mol. The predicted octanol–water partition coefficient (Wildman–Crippen LogP) is 5.20. The van der Waals surface area contributed by atoms with Gasteiger partial charge >= 0.3 is 5.97 Å². The molecule has 2 aliphatic heterocycles. The van der Waals surface area contributed by atoms with Crippen molar-refractivity contribution in [1.29, 1.82) is 0 Å². The van der Waals surface area contributed by atoms with Crippen LogP contribution in [0, 0.1) is 12.7 Å². The first-order chi connectivity index (χ1) is 17.0. The maximum absolute atomic E-state index is 14.2. The van der Waals surface area contributed by atoms with Crippen LogP contribution < -0.4 is 0 Å². The molecule has 2 saturated heterocycles. The Morgan fingerprint density at radius 2 is 1.97 bits per heavy atom. The Morgan fingerprint density at radius 1 is 1.14 bits per heavy atom. The first-order valence-corrected chi connectivity index (χ1v) is 12.2.